The third kappa shape index (κ3) is 3.44. The molecule has 0 aromatic heterocycles. The Morgan fingerprint density at radius 1 is 1.36 bits per heavy atom. The number of halogens is 1. The first kappa shape index (κ1) is 14.6. The molecule has 1 saturated carbocycles. The second kappa shape index (κ2) is 6.17. The summed E-state index contributed by atoms with van der Waals surface area (Å²) in [5.41, 5.74) is 1.58. The summed E-state index contributed by atoms with van der Waals surface area (Å²) >= 11 is 0. The van der Waals surface area contributed by atoms with Crippen LogP contribution in [0.25, 0.3) is 0 Å². The Bertz CT molecular complexity index is 669. The van der Waals surface area contributed by atoms with E-state index in [2.05, 4.69) is 15.5 Å². The average Bonchev–Trinajstić information content (AvgIpc) is 2.46. The lowest BCUT2D eigenvalue weighted by molar-refractivity contribution is -0.121. The highest BCUT2D eigenvalue weighted by Crippen LogP contribution is 2.29. The SMILES string of the molecule is O=C1C=C2CC(NC(=O)Cc3cccc(F)c3)CCC2N=N1. The number of nitrogens with zero attached hydrogens (tertiary/aromatic N) is 2. The number of rotatable bonds is 3. The maximum Gasteiger partial charge on any atom is 0.287 e. The van der Waals surface area contributed by atoms with E-state index in [9.17, 15) is 14.0 Å². The molecule has 6 heteroatoms. The van der Waals surface area contributed by atoms with E-state index in [1.807, 2.05) is 0 Å². The lowest BCUT2D eigenvalue weighted by atomic mass is 9.86. The summed E-state index contributed by atoms with van der Waals surface area (Å²) in [6.07, 6.45) is 3.85. The van der Waals surface area contributed by atoms with Crippen LogP contribution in [0.2, 0.25) is 0 Å². The molecule has 0 saturated heterocycles. The van der Waals surface area contributed by atoms with Gasteiger partial charge < -0.3 is 5.32 Å². The van der Waals surface area contributed by atoms with Gasteiger partial charge in [-0.2, -0.15) is 5.11 Å². The molecule has 3 rings (SSSR count). The lowest BCUT2D eigenvalue weighted by Crippen LogP contribution is -2.40. The van der Waals surface area contributed by atoms with E-state index in [-0.39, 0.29) is 36.1 Å². The molecule has 1 heterocycles. The van der Waals surface area contributed by atoms with Crippen LogP contribution < -0.4 is 5.32 Å². The van der Waals surface area contributed by atoms with Gasteiger partial charge in [0.25, 0.3) is 5.91 Å². The average molecular weight is 301 g/mol. The molecule has 2 aliphatic rings. The summed E-state index contributed by atoms with van der Waals surface area (Å²) in [6.45, 7) is 0. The Kier molecular flexibility index (Phi) is 4.09. The number of hydrogen-bond acceptors (Lipinski definition) is 3. The number of azo groups is 1. The zero-order valence-electron chi connectivity index (χ0n) is 12.0. The van der Waals surface area contributed by atoms with E-state index in [4.69, 9.17) is 0 Å². The van der Waals surface area contributed by atoms with Crippen LogP contribution in [0, 0.1) is 5.82 Å². The monoisotopic (exact) mass is 301 g/mol. The topological polar surface area (TPSA) is 70.9 Å². The quantitative estimate of drug-likeness (QED) is 0.930. The van der Waals surface area contributed by atoms with Crippen LogP contribution in [0.3, 0.4) is 0 Å². The molecular weight excluding hydrogens is 285 g/mol. The van der Waals surface area contributed by atoms with Crippen LogP contribution in [0.4, 0.5) is 4.39 Å². The molecule has 22 heavy (non-hydrogen) atoms. The highest BCUT2D eigenvalue weighted by Gasteiger charge is 2.29. The smallest absolute Gasteiger partial charge is 0.287 e. The molecule has 1 aromatic carbocycles. The Hall–Kier alpha value is -2.37. The number of hydrogen-bond donors (Lipinski definition) is 1. The van der Waals surface area contributed by atoms with Crippen LogP contribution in [0.15, 0.2) is 46.1 Å². The van der Waals surface area contributed by atoms with E-state index in [1.165, 1.54) is 18.2 Å². The Balaban J connectivity index is 1.57. The molecule has 1 aliphatic heterocycles. The first-order chi connectivity index (χ1) is 10.6. The minimum absolute atomic E-state index is 0.00957. The van der Waals surface area contributed by atoms with Crippen molar-refractivity contribution < 1.29 is 14.0 Å². The normalized spacial score (nSPS) is 23.7. The van der Waals surface area contributed by atoms with Gasteiger partial charge in [-0.3, -0.25) is 9.59 Å². The van der Waals surface area contributed by atoms with E-state index in [0.717, 1.165) is 18.4 Å². The third-order valence-corrected chi connectivity index (χ3v) is 3.92. The molecular formula is C16H16FN3O2. The summed E-state index contributed by atoms with van der Waals surface area (Å²) in [5.74, 6) is -0.821. The van der Waals surface area contributed by atoms with Gasteiger partial charge in [0.2, 0.25) is 5.91 Å². The van der Waals surface area contributed by atoms with E-state index in [0.29, 0.717) is 12.0 Å². The highest BCUT2D eigenvalue weighted by molar-refractivity contribution is 5.89. The van der Waals surface area contributed by atoms with Gasteiger partial charge in [0, 0.05) is 12.1 Å². The van der Waals surface area contributed by atoms with E-state index >= 15 is 0 Å². The molecule has 5 nitrogen and oxygen atoms in total. The van der Waals surface area contributed by atoms with Gasteiger partial charge in [0.15, 0.2) is 0 Å². The van der Waals surface area contributed by atoms with Crippen molar-refractivity contribution in [3.8, 4) is 0 Å². The van der Waals surface area contributed by atoms with Crippen LogP contribution in [0.5, 0.6) is 0 Å². The van der Waals surface area contributed by atoms with Crippen LogP contribution in [-0.2, 0) is 16.0 Å². The van der Waals surface area contributed by atoms with Crippen molar-refractivity contribution in [2.24, 2.45) is 10.2 Å². The summed E-state index contributed by atoms with van der Waals surface area (Å²) in [6, 6.07) is 6.00. The summed E-state index contributed by atoms with van der Waals surface area (Å²) in [5, 5.41) is 10.5. The number of benzene rings is 1. The number of carbonyl (C=O) groups excluding carboxylic acids is 2. The van der Waals surface area contributed by atoms with Crippen molar-refractivity contribution >= 4 is 11.8 Å². The molecule has 2 atom stereocenters. The van der Waals surface area contributed by atoms with Crippen LogP contribution in [-0.4, -0.2) is 23.9 Å². The Morgan fingerprint density at radius 3 is 3.05 bits per heavy atom. The molecule has 1 aliphatic carbocycles. The first-order valence-corrected chi connectivity index (χ1v) is 7.29. The highest BCUT2D eigenvalue weighted by atomic mass is 19.1. The van der Waals surface area contributed by atoms with Gasteiger partial charge in [0.05, 0.1) is 12.5 Å². The molecule has 1 fully saturated rings. The Morgan fingerprint density at radius 2 is 2.23 bits per heavy atom. The summed E-state index contributed by atoms with van der Waals surface area (Å²) in [4.78, 5) is 23.3. The van der Waals surface area contributed by atoms with Crippen LogP contribution >= 0.6 is 0 Å². The van der Waals surface area contributed by atoms with Gasteiger partial charge >= 0.3 is 0 Å². The van der Waals surface area contributed by atoms with Gasteiger partial charge in [-0.15, -0.1) is 5.11 Å². The molecule has 0 spiro atoms. The molecule has 0 radical (unpaired) electrons. The number of nitrogens with one attached hydrogen (secondary N) is 1. The molecule has 2 unspecified atom stereocenters. The van der Waals surface area contributed by atoms with Gasteiger partial charge in [-0.1, -0.05) is 12.1 Å². The standard InChI is InChI=1S/C16H16FN3O2/c17-12-3-1-2-10(6-12)7-15(21)18-13-4-5-14-11(8-13)9-16(22)20-19-14/h1-3,6,9,13-14H,4-5,7-8H2,(H,18,21). The maximum atomic E-state index is 13.1. The number of carbonyl (C=O) groups is 2. The molecule has 1 N–H and O–H groups in total. The zero-order valence-corrected chi connectivity index (χ0v) is 12.0. The molecule has 2 amide bonds. The first-order valence-electron chi connectivity index (χ1n) is 7.29. The third-order valence-electron chi connectivity index (χ3n) is 3.92. The fourth-order valence-corrected chi connectivity index (χ4v) is 2.90. The maximum absolute atomic E-state index is 13.1. The minimum atomic E-state index is -0.345. The predicted octanol–water partition coefficient (Wildman–Crippen LogP) is 2.32. The molecule has 114 valence electrons. The largest absolute Gasteiger partial charge is 0.353 e. The van der Waals surface area contributed by atoms with Crippen molar-refractivity contribution in [3.63, 3.8) is 0 Å². The van der Waals surface area contributed by atoms with Crippen molar-refractivity contribution in [2.75, 3.05) is 0 Å². The molecule has 0 bridgehead atoms. The fraction of sp³-hybridized carbons (Fsp3) is 0.375. The van der Waals surface area contributed by atoms with Crippen LogP contribution in [0.1, 0.15) is 24.8 Å². The van der Waals surface area contributed by atoms with E-state index in [1.54, 1.807) is 12.1 Å². The fourth-order valence-electron chi connectivity index (χ4n) is 2.90. The number of amides is 2. The van der Waals surface area contributed by atoms with Crippen molar-refractivity contribution in [3.05, 3.63) is 47.3 Å². The van der Waals surface area contributed by atoms with E-state index < -0.39 is 0 Å². The minimum Gasteiger partial charge on any atom is -0.353 e. The van der Waals surface area contributed by atoms with Crippen molar-refractivity contribution in [2.45, 2.75) is 37.8 Å². The predicted molar refractivity (Wildman–Crippen MR) is 77.6 cm³/mol. The van der Waals surface area contributed by atoms with Crippen molar-refractivity contribution in [1.29, 1.82) is 0 Å². The summed E-state index contributed by atoms with van der Waals surface area (Å²) < 4.78 is 13.1. The van der Waals surface area contributed by atoms with Gasteiger partial charge in [-0.25, -0.2) is 4.39 Å². The second-order valence-electron chi connectivity index (χ2n) is 5.64. The second-order valence-corrected chi connectivity index (χ2v) is 5.64. The van der Waals surface area contributed by atoms with Gasteiger partial charge in [0.1, 0.15) is 5.82 Å². The number of fused-ring (bicyclic) bond motifs is 1. The lowest BCUT2D eigenvalue weighted by Gasteiger charge is -2.30. The van der Waals surface area contributed by atoms with Crippen molar-refractivity contribution in [1.82, 2.24) is 5.32 Å². The van der Waals surface area contributed by atoms with Gasteiger partial charge in [-0.05, 0) is 42.5 Å². The molecule has 1 aromatic rings. The summed E-state index contributed by atoms with van der Waals surface area (Å²) in [7, 11) is 0. The zero-order chi connectivity index (χ0) is 15.5. The Labute approximate surface area is 127 Å².